The molecule has 0 unspecified atom stereocenters. The molecule has 0 aliphatic heterocycles. The molecule has 3 rings (SSSR count). The van der Waals surface area contributed by atoms with Crippen LogP contribution >= 0.6 is 12.2 Å². The zero-order valence-corrected chi connectivity index (χ0v) is 18.8. The van der Waals surface area contributed by atoms with E-state index in [1.807, 2.05) is 30.3 Å². The number of aryl methyl sites for hydroxylation is 1. The van der Waals surface area contributed by atoms with Gasteiger partial charge in [-0.25, -0.2) is 0 Å². The second-order valence-corrected chi connectivity index (χ2v) is 7.44. The number of nitrogens with one attached hydrogen (secondary N) is 2. The lowest BCUT2D eigenvalue weighted by molar-refractivity contribution is 0.417. The molecule has 0 saturated carbocycles. The van der Waals surface area contributed by atoms with Gasteiger partial charge in [-0.15, -0.1) is 0 Å². The Balaban J connectivity index is 1.77. The van der Waals surface area contributed by atoms with Gasteiger partial charge in [-0.3, -0.25) is 0 Å². The number of hydrogen-bond acceptors (Lipinski definition) is 3. The van der Waals surface area contributed by atoms with Crippen LogP contribution in [0.1, 0.15) is 19.4 Å². The van der Waals surface area contributed by atoms with Gasteiger partial charge in [0.05, 0.1) is 12.8 Å². The van der Waals surface area contributed by atoms with Gasteiger partial charge >= 0.3 is 0 Å². The van der Waals surface area contributed by atoms with Crippen molar-refractivity contribution in [3.05, 3.63) is 72.3 Å². The van der Waals surface area contributed by atoms with E-state index in [1.165, 1.54) is 5.69 Å². The molecule has 5 heteroatoms. The van der Waals surface area contributed by atoms with Gasteiger partial charge in [0.25, 0.3) is 0 Å². The van der Waals surface area contributed by atoms with Gasteiger partial charge in [0.2, 0.25) is 0 Å². The van der Waals surface area contributed by atoms with E-state index in [2.05, 4.69) is 72.7 Å². The molecule has 0 saturated heterocycles. The molecule has 30 heavy (non-hydrogen) atoms. The SMILES string of the molecule is CCN(CC)c1ccc(NC(=S)Nc2cc(-c3ccccc3)ccc2OC)c(C)c1. The standard InChI is InChI=1S/C25H29N3OS/c1-5-28(6-2)21-13-14-22(18(3)16-21)26-25(30)27-23-17-20(12-15-24(23)29-4)19-10-8-7-9-11-19/h7-17H,5-6H2,1-4H3,(H2,26,27,30). The zero-order valence-electron chi connectivity index (χ0n) is 18.0. The fraction of sp³-hybridized carbons (Fsp3) is 0.240. The number of rotatable bonds is 7. The zero-order chi connectivity index (χ0) is 21.5. The monoisotopic (exact) mass is 419 g/mol. The van der Waals surface area contributed by atoms with Gasteiger partial charge in [-0.05, 0) is 80.0 Å². The second kappa shape index (κ2) is 10.1. The number of ether oxygens (including phenoxy) is 1. The van der Waals surface area contributed by atoms with Crippen molar-refractivity contribution in [2.75, 3.05) is 35.7 Å². The average Bonchev–Trinajstić information content (AvgIpc) is 2.77. The van der Waals surface area contributed by atoms with Crippen molar-refractivity contribution in [3.8, 4) is 16.9 Å². The van der Waals surface area contributed by atoms with Gasteiger partial charge < -0.3 is 20.3 Å². The maximum atomic E-state index is 5.59. The van der Waals surface area contributed by atoms with Crippen molar-refractivity contribution >= 4 is 34.4 Å². The third-order valence-electron chi connectivity index (χ3n) is 5.14. The lowest BCUT2D eigenvalue weighted by Crippen LogP contribution is -2.22. The van der Waals surface area contributed by atoms with E-state index in [1.54, 1.807) is 7.11 Å². The third kappa shape index (κ3) is 5.10. The van der Waals surface area contributed by atoms with Gasteiger partial charge in [-0.1, -0.05) is 36.4 Å². The molecule has 3 aromatic rings. The van der Waals surface area contributed by atoms with Crippen molar-refractivity contribution in [1.82, 2.24) is 0 Å². The molecule has 0 aromatic heterocycles. The Bertz CT molecular complexity index is 1000. The number of anilines is 3. The van der Waals surface area contributed by atoms with Crippen molar-refractivity contribution in [2.24, 2.45) is 0 Å². The summed E-state index contributed by atoms with van der Waals surface area (Å²) in [4.78, 5) is 2.33. The van der Waals surface area contributed by atoms with Crippen LogP contribution in [-0.4, -0.2) is 25.3 Å². The number of nitrogens with zero attached hydrogens (tertiary/aromatic N) is 1. The van der Waals surface area contributed by atoms with E-state index >= 15 is 0 Å². The van der Waals surface area contributed by atoms with Crippen LogP contribution in [-0.2, 0) is 0 Å². The molecule has 0 aliphatic carbocycles. The molecule has 0 radical (unpaired) electrons. The summed E-state index contributed by atoms with van der Waals surface area (Å²) in [6.45, 7) is 8.40. The average molecular weight is 420 g/mol. The van der Waals surface area contributed by atoms with Gasteiger partial charge in [0.15, 0.2) is 5.11 Å². The number of benzene rings is 3. The summed E-state index contributed by atoms with van der Waals surface area (Å²) in [5.41, 5.74) is 6.43. The highest BCUT2D eigenvalue weighted by atomic mass is 32.1. The minimum Gasteiger partial charge on any atom is -0.495 e. The molecule has 0 spiro atoms. The molecule has 0 aliphatic rings. The van der Waals surface area contributed by atoms with E-state index < -0.39 is 0 Å². The number of hydrogen-bond donors (Lipinski definition) is 2. The molecule has 0 heterocycles. The molecule has 4 nitrogen and oxygen atoms in total. The van der Waals surface area contributed by atoms with Crippen LogP contribution in [0.15, 0.2) is 66.7 Å². The molecule has 3 aromatic carbocycles. The molecule has 2 N–H and O–H groups in total. The molecule has 0 atom stereocenters. The predicted molar refractivity (Wildman–Crippen MR) is 133 cm³/mol. The maximum Gasteiger partial charge on any atom is 0.175 e. The summed E-state index contributed by atoms with van der Waals surface area (Å²) in [7, 11) is 1.66. The van der Waals surface area contributed by atoms with Crippen LogP contribution < -0.4 is 20.3 Å². The first kappa shape index (κ1) is 21.7. The van der Waals surface area contributed by atoms with Gasteiger partial charge in [-0.2, -0.15) is 0 Å². The topological polar surface area (TPSA) is 36.5 Å². The molecule has 156 valence electrons. The largest absolute Gasteiger partial charge is 0.495 e. The molecule has 0 bridgehead atoms. The van der Waals surface area contributed by atoms with Crippen molar-refractivity contribution in [2.45, 2.75) is 20.8 Å². The lowest BCUT2D eigenvalue weighted by Gasteiger charge is -2.22. The Labute approximate surface area is 184 Å². The Morgan fingerprint density at radius 1 is 0.867 bits per heavy atom. The van der Waals surface area contributed by atoms with Crippen LogP contribution in [0.25, 0.3) is 11.1 Å². The smallest absolute Gasteiger partial charge is 0.175 e. The highest BCUT2D eigenvalue weighted by Gasteiger charge is 2.10. The highest BCUT2D eigenvalue weighted by molar-refractivity contribution is 7.80. The summed E-state index contributed by atoms with van der Waals surface area (Å²) < 4.78 is 5.52. The van der Waals surface area contributed by atoms with Crippen molar-refractivity contribution < 1.29 is 4.74 Å². The van der Waals surface area contributed by atoms with E-state index in [4.69, 9.17) is 17.0 Å². The highest BCUT2D eigenvalue weighted by Crippen LogP contribution is 2.31. The summed E-state index contributed by atoms with van der Waals surface area (Å²) >= 11 is 5.59. The van der Waals surface area contributed by atoms with Gasteiger partial charge in [0, 0.05) is 24.5 Å². The lowest BCUT2D eigenvalue weighted by atomic mass is 10.0. The van der Waals surface area contributed by atoms with E-state index in [0.29, 0.717) is 5.11 Å². The molecular formula is C25H29N3OS. The first-order valence-electron chi connectivity index (χ1n) is 10.2. The second-order valence-electron chi connectivity index (χ2n) is 7.03. The quantitative estimate of drug-likeness (QED) is 0.438. The van der Waals surface area contributed by atoms with Gasteiger partial charge in [0.1, 0.15) is 5.75 Å². The Morgan fingerprint density at radius 3 is 2.20 bits per heavy atom. The Kier molecular flexibility index (Phi) is 7.31. The molecule has 0 amide bonds. The maximum absolute atomic E-state index is 5.59. The van der Waals surface area contributed by atoms with E-state index in [9.17, 15) is 0 Å². The minimum absolute atomic E-state index is 0.525. The summed E-state index contributed by atoms with van der Waals surface area (Å²) in [6.07, 6.45) is 0. The van der Waals surface area contributed by atoms with Crippen molar-refractivity contribution in [1.29, 1.82) is 0 Å². The third-order valence-corrected chi connectivity index (χ3v) is 5.35. The molecular weight excluding hydrogens is 390 g/mol. The van der Waals surface area contributed by atoms with Crippen LogP contribution in [0.5, 0.6) is 5.75 Å². The number of thiocarbonyl (C=S) groups is 1. The minimum atomic E-state index is 0.525. The fourth-order valence-electron chi connectivity index (χ4n) is 3.47. The van der Waals surface area contributed by atoms with Crippen LogP contribution in [0.4, 0.5) is 17.1 Å². The molecule has 0 fully saturated rings. The van der Waals surface area contributed by atoms with Crippen LogP contribution in [0.3, 0.4) is 0 Å². The van der Waals surface area contributed by atoms with Crippen molar-refractivity contribution in [3.63, 3.8) is 0 Å². The number of methoxy groups -OCH3 is 1. The first-order valence-corrected chi connectivity index (χ1v) is 10.6. The van der Waals surface area contributed by atoms with E-state index in [0.717, 1.165) is 46.9 Å². The normalized spacial score (nSPS) is 10.4. The fourth-order valence-corrected chi connectivity index (χ4v) is 3.69. The summed E-state index contributed by atoms with van der Waals surface area (Å²) in [5, 5.41) is 7.13. The van der Waals surface area contributed by atoms with E-state index in [-0.39, 0.29) is 0 Å². The summed E-state index contributed by atoms with van der Waals surface area (Å²) in [5.74, 6) is 0.743. The summed E-state index contributed by atoms with van der Waals surface area (Å²) in [6, 6.07) is 22.7. The Morgan fingerprint density at radius 2 is 1.57 bits per heavy atom. The predicted octanol–water partition coefficient (Wildman–Crippen LogP) is 6.33. The first-order chi connectivity index (χ1) is 14.5. The van der Waals surface area contributed by atoms with Crippen LogP contribution in [0, 0.1) is 6.92 Å². The Hall–Kier alpha value is -3.05. The van der Waals surface area contributed by atoms with Crippen LogP contribution in [0.2, 0.25) is 0 Å².